The Labute approximate surface area is 116 Å². The monoisotopic (exact) mass is 333 g/mol. The van der Waals surface area contributed by atoms with Gasteiger partial charge in [-0.15, -0.1) is 6.58 Å². The molecule has 0 saturated carbocycles. The van der Waals surface area contributed by atoms with E-state index in [0.29, 0.717) is 12.4 Å². The van der Waals surface area contributed by atoms with Crippen LogP contribution in [0.3, 0.4) is 0 Å². The van der Waals surface area contributed by atoms with Crippen molar-refractivity contribution in [3.05, 3.63) is 35.3 Å². The van der Waals surface area contributed by atoms with Gasteiger partial charge in [-0.1, -0.05) is 13.0 Å². The van der Waals surface area contributed by atoms with Crippen LogP contribution in [0.1, 0.15) is 13.3 Å². The summed E-state index contributed by atoms with van der Waals surface area (Å²) < 4.78 is 32.4. The maximum absolute atomic E-state index is 11.9. The lowest BCUT2D eigenvalue weighted by molar-refractivity contribution is 0.314. The molecule has 6 heteroatoms. The van der Waals surface area contributed by atoms with E-state index in [2.05, 4.69) is 27.2 Å². The van der Waals surface area contributed by atoms with Gasteiger partial charge in [-0.2, -0.15) is 0 Å². The van der Waals surface area contributed by atoms with Crippen LogP contribution < -0.4 is 9.46 Å². The van der Waals surface area contributed by atoms with Crippen molar-refractivity contribution in [2.75, 3.05) is 13.2 Å². The maximum atomic E-state index is 11.9. The highest BCUT2D eigenvalue weighted by Crippen LogP contribution is 2.28. The molecule has 0 aliphatic rings. The second-order valence-electron chi connectivity index (χ2n) is 3.58. The van der Waals surface area contributed by atoms with Gasteiger partial charge in [-0.05, 0) is 34.5 Å². The Balaban J connectivity index is 3.00. The first kappa shape index (κ1) is 15.2. The minimum Gasteiger partial charge on any atom is -0.492 e. The van der Waals surface area contributed by atoms with Gasteiger partial charge in [0.1, 0.15) is 5.75 Å². The van der Waals surface area contributed by atoms with E-state index < -0.39 is 10.0 Å². The van der Waals surface area contributed by atoms with Gasteiger partial charge in [0.25, 0.3) is 0 Å². The zero-order valence-corrected chi connectivity index (χ0v) is 12.6. The number of sulfonamides is 1. The molecule has 0 radical (unpaired) electrons. The van der Waals surface area contributed by atoms with Crippen LogP contribution in [0.4, 0.5) is 0 Å². The molecule has 0 bridgehead atoms. The summed E-state index contributed by atoms with van der Waals surface area (Å²) in [7, 11) is -3.51. The third kappa shape index (κ3) is 4.12. The number of hydrogen-bond donors (Lipinski definition) is 1. The fourth-order valence-electron chi connectivity index (χ4n) is 1.23. The minimum atomic E-state index is -3.51. The average Bonchev–Trinajstić information content (AvgIpc) is 2.35. The highest BCUT2D eigenvalue weighted by molar-refractivity contribution is 9.10. The zero-order valence-electron chi connectivity index (χ0n) is 10.1. The highest BCUT2D eigenvalue weighted by atomic mass is 79.9. The van der Waals surface area contributed by atoms with E-state index in [4.69, 9.17) is 4.74 Å². The summed E-state index contributed by atoms with van der Waals surface area (Å²) in [4.78, 5) is 0.179. The van der Waals surface area contributed by atoms with Gasteiger partial charge in [0.2, 0.25) is 10.0 Å². The van der Waals surface area contributed by atoms with Crippen LogP contribution in [0.15, 0.2) is 40.2 Å². The predicted molar refractivity (Wildman–Crippen MR) is 75.3 cm³/mol. The smallest absolute Gasteiger partial charge is 0.240 e. The van der Waals surface area contributed by atoms with Crippen LogP contribution in [-0.4, -0.2) is 21.6 Å². The van der Waals surface area contributed by atoms with Crippen LogP contribution in [0.5, 0.6) is 5.75 Å². The number of nitrogens with one attached hydrogen (secondary N) is 1. The zero-order chi connectivity index (χ0) is 13.6. The van der Waals surface area contributed by atoms with Gasteiger partial charge in [0.05, 0.1) is 16.0 Å². The maximum Gasteiger partial charge on any atom is 0.240 e. The molecule has 1 rings (SSSR count). The molecule has 0 amide bonds. The Hall–Kier alpha value is -0.850. The van der Waals surface area contributed by atoms with Crippen molar-refractivity contribution in [2.24, 2.45) is 0 Å². The van der Waals surface area contributed by atoms with Crippen molar-refractivity contribution in [1.82, 2.24) is 4.72 Å². The normalized spacial score (nSPS) is 11.2. The first-order valence-electron chi connectivity index (χ1n) is 5.54. The van der Waals surface area contributed by atoms with Gasteiger partial charge in [0.15, 0.2) is 0 Å². The molecule has 0 spiro atoms. The topological polar surface area (TPSA) is 55.4 Å². The lowest BCUT2D eigenvalue weighted by Crippen LogP contribution is -2.23. The quantitative estimate of drug-likeness (QED) is 0.780. The molecule has 0 fully saturated rings. The summed E-state index contributed by atoms with van der Waals surface area (Å²) in [6, 6.07) is 4.69. The molecule has 0 atom stereocenters. The van der Waals surface area contributed by atoms with E-state index >= 15 is 0 Å². The standard InChI is InChI=1S/C12H16BrNO3S/c1-3-7-14-18(15,16)10-5-6-11(13)12(9-10)17-8-4-2/h3,5-6,9,14H,1,4,7-8H2,2H3. The van der Waals surface area contributed by atoms with Gasteiger partial charge < -0.3 is 4.74 Å². The lowest BCUT2D eigenvalue weighted by Gasteiger charge is -2.10. The third-order valence-corrected chi connectivity index (χ3v) is 4.17. The lowest BCUT2D eigenvalue weighted by atomic mass is 10.3. The Bertz CT molecular complexity index is 514. The van der Waals surface area contributed by atoms with E-state index in [1.165, 1.54) is 18.2 Å². The van der Waals surface area contributed by atoms with Gasteiger partial charge in [-0.3, -0.25) is 0 Å². The minimum absolute atomic E-state index is 0.179. The van der Waals surface area contributed by atoms with E-state index in [9.17, 15) is 8.42 Å². The SMILES string of the molecule is C=CCNS(=O)(=O)c1ccc(Br)c(OCCC)c1. The van der Waals surface area contributed by atoms with E-state index in [1.807, 2.05) is 6.92 Å². The van der Waals surface area contributed by atoms with Crippen LogP contribution in [0, 0.1) is 0 Å². The summed E-state index contributed by atoms with van der Waals surface area (Å²) in [5.41, 5.74) is 0. The first-order chi connectivity index (χ1) is 8.51. The third-order valence-electron chi connectivity index (χ3n) is 2.09. The van der Waals surface area contributed by atoms with Crippen molar-refractivity contribution in [3.8, 4) is 5.75 Å². The summed E-state index contributed by atoms with van der Waals surface area (Å²) in [6.45, 7) is 6.20. The Morgan fingerprint density at radius 2 is 2.22 bits per heavy atom. The van der Waals surface area contributed by atoms with Gasteiger partial charge >= 0.3 is 0 Å². The molecule has 4 nitrogen and oxygen atoms in total. The highest BCUT2D eigenvalue weighted by Gasteiger charge is 2.15. The van der Waals surface area contributed by atoms with Crippen molar-refractivity contribution < 1.29 is 13.2 Å². The fourth-order valence-corrected chi connectivity index (χ4v) is 2.60. The van der Waals surface area contributed by atoms with Crippen LogP contribution in [0.25, 0.3) is 0 Å². The number of rotatable bonds is 7. The number of benzene rings is 1. The van der Waals surface area contributed by atoms with Crippen molar-refractivity contribution >= 4 is 26.0 Å². The van der Waals surface area contributed by atoms with E-state index in [-0.39, 0.29) is 11.4 Å². The average molecular weight is 334 g/mol. The van der Waals surface area contributed by atoms with Crippen molar-refractivity contribution in [1.29, 1.82) is 0 Å². The molecule has 1 aromatic carbocycles. The van der Waals surface area contributed by atoms with E-state index in [1.54, 1.807) is 6.07 Å². The van der Waals surface area contributed by atoms with Crippen LogP contribution in [0.2, 0.25) is 0 Å². The second kappa shape index (κ2) is 6.92. The molecule has 0 heterocycles. The number of halogens is 1. The molecule has 0 unspecified atom stereocenters. The molecule has 0 saturated heterocycles. The van der Waals surface area contributed by atoms with Crippen molar-refractivity contribution in [2.45, 2.75) is 18.2 Å². The molecule has 100 valence electrons. The van der Waals surface area contributed by atoms with Crippen molar-refractivity contribution in [3.63, 3.8) is 0 Å². The largest absolute Gasteiger partial charge is 0.492 e. The van der Waals surface area contributed by atoms with Crippen LogP contribution >= 0.6 is 15.9 Å². The first-order valence-corrected chi connectivity index (χ1v) is 7.81. The second-order valence-corrected chi connectivity index (χ2v) is 6.20. The summed E-state index contributed by atoms with van der Waals surface area (Å²) in [6.07, 6.45) is 2.35. The molecule has 0 aliphatic heterocycles. The predicted octanol–water partition coefficient (Wildman–Crippen LogP) is 2.70. The van der Waals surface area contributed by atoms with Crippen LogP contribution in [-0.2, 0) is 10.0 Å². The molecular formula is C12H16BrNO3S. The Kier molecular flexibility index (Phi) is 5.84. The summed E-state index contributed by atoms with van der Waals surface area (Å²) in [5.74, 6) is 0.526. The van der Waals surface area contributed by atoms with Gasteiger partial charge in [-0.25, -0.2) is 13.1 Å². The summed E-state index contributed by atoms with van der Waals surface area (Å²) in [5, 5.41) is 0. The summed E-state index contributed by atoms with van der Waals surface area (Å²) >= 11 is 3.32. The van der Waals surface area contributed by atoms with E-state index in [0.717, 1.165) is 10.9 Å². The molecule has 1 N–H and O–H groups in total. The molecule has 1 aromatic rings. The fraction of sp³-hybridized carbons (Fsp3) is 0.333. The Morgan fingerprint density at radius 1 is 1.50 bits per heavy atom. The molecular weight excluding hydrogens is 318 g/mol. The Morgan fingerprint density at radius 3 is 2.83 bits per heavy atom. The molecule has 0 aromatic heterocycles. The van der Waals surface area contributed by atoms with Gasteiger partial charge in [0, 0.05) is 12.6 Å². The number of ether oxygens (including phenoxy) is 1. The molecule has 0 aliphatic carbocycles. The number of hydrogen-bond acceptors (Lipinski definition) is 3. The molecule has 18 heavy (non-hydrogen) atoms.